The monoisotopic (exact) mass is 207 g/mol. The quantitative estimate of drug-likeness (QED) is 0.655. The summed E-state index contributed by atoms with van der Waals surface area (Å²) in [7, 11) is -2.92. The lowest BCUT2D eigenvalue weighted by Crippen LogP contribution is -2.42. The van der Waals surface area contributed by atoms with Crippen molar-refractivity contribution in [2.75, 3.05) is 24.7 Å². The number of hydrogen-bond donors (Lipinski definition) is 2. The molecule has 1 aliphatic heterocycles. The highest BCUT2D eigenvalue weighted by atomic mass is 32.2. The summed E-state index contributed by atoms with van der Waals surface area (Å²) in [5, 5.41) is 8.83. The third-order valence-corrected chi connectivity index (χ3v) is 4.73. The van der Waals surface area contributed by atoms with E-state index in [0.29, 0.717) is 19.4 Å². The van der Waals surface area contributed by atoms with Gasteiger partial charge in [-0.25, -0.2) is 8.42 Å². The van der Waals surface area contributed by atoms with Crippen molar-refractivity contribution in [3.05, 3.63) is 0 Å². The van der Waals surface area contributed by atoms with Gasteiger partial charge in [0.2, 0.25) is 0 Å². The Bertz CT molecular complexity index is 259. The van der Waals surface area contributed by atoms with Crippen molar-refractivity contribution in [3.8, 4) is 0 Å². The first-order valence-corrected chi connectivity index (χ1v) is 6.37. The van der Waals surface area contributed by atoms with Crippen LogP contribution < -0.4 is 5.73 Å². The minimum atomic E-state index is -2.92. The number of nitrogens with two attached hydrogens (primary N) is 1. The summed E-state index contributed by atoms with van der Waals surface area (Å²) in [6.07, 6.45) is 2.01. The molecule has 0 aliphatic carbocycles. The lowest BCUT2D eigenvalue weighted by molar-refractivity contribution is 0.189. The van der Waals surface area contributed by atoms with Crippen LogP contribution in [0.4, 0.5) is 0 Å². The Kier molecular flexibility index (Phi) is 3.32. The molecule has 1 aliphatic rings. The molecule has 0 saturated carbocycles. The predicted octanol–water partition coefficient (Wildman–Crippen LogP) is -0.478. The Morgan fingerprint density at radius 1 is 1.46 bits per heavy atom. The second kappa shape index (κ2) is 3.94. The molecule has 1 saturated heterocycles. The van der Waals surface area contributed by atoms with Crippen molar-refractivity contribution >= 4 is 9.84 Å². The van der Waals surface area contributed by atoms with Gasteiger partial charge in [0.25, 0.3) is 0 Å². The summed E-state index contributed by atoms with van der Waals surface area (Å²) in [4.78, 5) is 0. The molecular formula is C8H17NO3S. The Hall–Kier alpha value is -0.130. The summed E-state index contributed by atoms with van der Waals surface area (Å²) in [5.74, 6) is 0.428. The maximum absolute atomic E-state index is 11.4. The molecule has 4 nitrogen and oxygen atoms in total. The fraction of sp³-hybridized carbons (Fsp3) is 1.00. The number of sulfone groups is 1. The van der Waals surface area contributed by atoms with Gasteiger partial charge in [0.15, 0.2) is 9.84 Å². The first-order chi connectivity index (χ1) is 6.04. The lowest BCUT2D eigenvalue weighted by atomic mass is 9.82. The van der Waals surface area contributed by atoms with E-state index in [1.165, 1.54) is 0 Å². The van der Waals surface area contributed by atoms with E-state index in [4.69, 9.17) is 10.8 Å². The normalized spacial score (nSPS) is 33.1. The summed E-state index contributed by atoms with van der Waals surface area (Å²) in [5.41, 5.74) is 5.21. The smallest absolute Gasteiger partial charge is 0.150 e. The van der Waals surface area contributed by atoms with Crippen LogP contribution in [0.2, 0.25) is 0 Å². The van der Waals surface area contributed by atoms with Crippen molar-refractivity contribution in [2.45, 2.75) is 19.3 Å². The second-order valence-corrected chi connectivity index (χ2v) is 6.06. The molecule has 0 aromatic carbocycles. The zero-order chi connectivity index (χ0) is 9.95. The summed E-state index contributed by atoms with van der Waals surface area (Å²) in [6.45, 7) is 0.375. The number of hydrogen-bond acceptors (Lipinski definition) is 4. The third-order valence-electron chi connectivity index (χ3n) is 2.76. The highest BCUT2D eigenvalue weighted by Crippen LogP contribution is 2.33. The first-order valence-electron chi connectivity index (χ1n) is 4.55. The summed E-state index contributed by atoms with van der Waals surface area (Å²) in [6, 6.07) is 0. The molecule has 1 atom stereocenters. The van der Waals surface area contributed by atoms with E-state index < -0.39 is 9.84 Å². The highest BCUT2D eigenvalue weighted by molar-refractivity contribution is 7.91. The number of rotatable bonds is 3. The molecule has 78 valence electrons. The fourth-order valence-electron chi connectivity index (χ4n) is 1.98. The Balaban J connectivity index is 2.76. The van der Waals surface area contributed by atoms with Gasteiger partial charge in [-0.1, -0.05) is 0 Å². The van der Waals surface area contributed by atoms with E-state index in [1.807, 2.05) is 0 Å². The molecule has 1 unspecified atom stereocenters. The second-order valence-electron chi connectivity index (χ2n) is 3.87. The summed E-state index contributed by atoms with van der Waals surface area (Å²) >= 11 is 0. The minimum Gasteiger partial charge on any atom is -0.396 e. The van der Waals surface area contributed by atoms with Gasteiger partial charge in [0, 0.05) is 6.61 Å². The zero-order valence-electron chi connectivity index (χ0n) is 7.70. The van der Waals surface area contributed by atoms with Gasteiger partial charge in [0.1, 0.15) is 0 Å². The van der Waals surface area contributed by atoms with E-state index in [0.717, 1.165) is 6.42 Å². The Labute approximate surface area is 79.0 Å². The van der Waals surface area contributed by atoms with Crippen LogP contribution in [0, 0.1) is 5.41 Å². The molecule has 3 N–H and O–H groups in total. The average Bonchev–Trinajstić information content (AvgIpc) is 2.03. The molecule has 1 fully saturated rings. The van der Waals surface area contributed by atoms with Crippen molar-refractivity contribution in [1.29, 1.82) is 0 Å². The van der Waals surface area contributed by atoms with E-state index in [2.05, 4.69) is 0 Å². The van der Waals surface area contributed by atoms with Crippen molar-refractivity contribution < 1.29 is 13.5 Å². The van der Waals surface area contributed by atoms with Crippen molar-refractivity contribution in [1.82, 2.24) is 0 Å². The van der Waals surface area contributed by atoms with Gasteiger partial charge in [-0.15, -0.1) is 0 Å². The number of aliphatic hydroxyl groups is 1. The topological polar surface area (TPSA) is 80.4 Å². The molecule has 13 heavy (non-hydrogen) atoms. The van der Waals surface area contributed by atoms with Crippen LogP contribution >= 0.6 is 0 Å². The zero-order valence-corrected chi connectivity index (χ0v) is 8.52. The van der Waals surface area contributed by atoms with E-state index in [-0.39, 0.29) is 23.5 Å². The van der Waals surface area contributed by atoms with E-state index in [1.54, 1.807) is 0 Å². The largest absolute Gasteiger partial charge is 0.396 e. The van der Waals surface area contributed by atoms with Crippen LogP contribution in [0.5, 0.6) is 0 Å². The van der Waals surface area contributed by atoms with Crippen molar-refractivity contribution in [3.63, 3.8) is 0 Å². The molecule has 0 aromatic heterocycles. The van der Waals surface area contributed by atoms with Crippen LogP contribution in [0.25, 0.3) is 0 Å². The first kappa shape index (κ1) is 10.9. The molecule has 0 spiro atoms. The third kappa shape index (κ3) is 2.65. The molecule has 1 heterocycles. The van der Waals surface area contributed by atoms with Gasteiger partial charge in [-0.05, 0) is 31.2 Å². The van der Waals surface area contributed by atoms with Crippen LogP contribution in [0.15, 0.2) is 0 Å². The molecule has 0 aromatic rings. The predicted molar refractivity (Wildman–Crippen MR) is 51.1 cm³/mol. The van der Waals surface area contributed by atoms with Crippen LogP contribution in [0.3, 0.4) is 0 Å². The lowest BCUT2D eigenvalue weighted by Gasteiger charge is -2.35. The maximum atomic E-state index is 11.4. The minimum absolute atomic E-state index is 0.0206. The summed E-state index contributed by atoms with van der Waals surface area (Å²) < 4.78 is 22.7. The molecule has 1 rings (SSSR count). The standard InChI is InChI=1S/C8H17NO3S/c9-6-8(3-4-10)2-1-5-13(11,12)7-8/h10H,1-7,9H2. The van der Waals surface area contributed by atoms with Crippen LogP contribution in [-0.2, 0) is 9.84 Å². The Morgan fingerprint density at radius 2 is 2.15 bits per heavy atom. The highest BCUT2D eigenvalue weighted by Gasteiger charge is 2.37. The average molecular weight is 207 g/mol. The van der Waals surface area contributed by atoms with Gasteiger partial charge >= 0.3 is 0 Å². The molecule has 5 heteroatoms. The SMILES string of the molecule is NCC1(CCO)CCCS(=O)(=O)C1. The molecule has 0 bridgehead atoms. The maximum Gasteiger partial charge on any atom is 0.150 e. The van der Waals surface area contributed by atoms with Gasteiger partial charge in [0.05, 0.1) is 11.5 Å². The van der Waals surface area contributed by atoms with Gasteiger partial charge in [-0.3, -0.25) is 0 Å². The van der Waals surface area contributed by atoms with Gasteiger partial charge in [-0.2, -0.15) is 0 Å². The molecule has 0 amide bonds. The molecular weight excluding hydrogens is 190 g/mol. The van der Waals surface area contributed by atoms with Gasteiger partial charge < -0.3 is 10.8 Å². The van der Waals surface area contributed by atoms with E-state index >= 15 is 0 Å². The number of aliphatic hydroxyl groups excluding tert-OH is 1. The van der Waals surface area contributed by atoms with Crippen LogP contribution in [-0.4, -0.2) is 38.2 Å². The Morgan fingerprint density at radius 3 is 2.62 bits per heavy atom. The fourth-order valence-corrected chi connectivity index (χ4v) is 4.04. The molecule has 0 radical (unpaired) electrons. The van der Waals surface area contributed by atoms with Crippen LogP contribution in [0.1, 0.15) is 19.3 Å². The van der Waals surface area contributed by atoms with E-state index in [9.17, 15) is 8.42 Å². The van der Waals surface area contributed by atoms with Crippen molar-refractivity contribution in [2.24, 2.45) is 11.1 Å².